The van der Waals surface area contributed by atoms with Crippen molar-refractivity contribution in [1.82, 2.24) is 4.90 Å². The van der Waals surface area contributed by atoms with E-state index in [2.05, 4.69) is 0 Å². The summed E-state index contributed by atoms with van der Waals surface area (Å²) in [5.74, 6) is -7.29. The van der Waals surface area contributed by atoms with Crippen molar-refractivity contribution in [2.75, 3.05) is 6.54 Å². The molecule has 0 aromatic carbocycles. The number of amides is 1. The number of esters is 1. The van der Waals surface area contributed by atoms with E-state index < -0.39 is 65.7 Å². The number of nitrogens with zero attached hydrogens (tertiary/aromatic N) is 1. The van der Waals surface area contributed by atoms with E-state index in [1.807, 2.05) is 39.0 Å². The number of hydrogen-bond acceptors (Lipinski definition) is 11. The highest BCUT2D eigenvalue weighted by molar-refractivity contribution is 6.39. The number of fused-ring (bicyclic) bond motifs is 3. The van der Waals surface area contributed by atoms with Crippen LogP contribution in [0.2, 0.25) is 0 Å². The number of carbonyl (C=O) groups excluding carboxylic acids is 5. The zero-order chi connectivity index (χ0) is 44.3. The van der Waals surface area contributed by atoms with Crippen LogP contribution < -0.4 is 0 Å². The quantitative estimate of drug-likeness (QED) is 0.142. The molecule has 60 heavy (non-hydrogen) atoms. The summed E-state index contributed by atoms with van der Waals surface area (Å²) >= 11 is 0. The summed E-state index contributed by atoms with van der Waals surface area (Å²) in [6, 6.07) is -1.12. The molecule has 0 unspecified atom stereocenters. The third kappa shape index (κ3) is 13.6. The van der Waals surface area contributed by atoms with Crippen LogP contribution in [-0.2, 0) is 33.4 Å². The summed E-state index contributed by atoms with van der Waals surface area (Å²) in [5, 5.41) is 44.0. The van der Waals surface area contributed by atoms with Gasteiger partial charge in [-0.2, -0.15) is 0 Å². The van der Waals surface area contributed by atoms with Gasteiger partial charge in [-0.05, 0) is 113 Å². The van der Waals surface area contributed by atoms with Crippen molar-refractivity contribution in [3.05, 3.63) is 47.6 Å². The predicted octanol–water partition coefficient (Wildman–Crippen LogP) is 6.28. The van der Waals surface area contributed by atoms with Gasteiger partial charge in [0.25, 0.3) is 11.7 Å². The summed E-state index contributed by atoms with van der Waals surface area (Å²) in [5.41, 5.74) is 1.14. The van der Waals surface area contributed by atoms with E-state index in [0.29, 0.717) is 62.5 Å². The van der Waals surface area contributed by atoms with Crippen LogP contribution >= 0.6 is 0 Å². The average Bonchev–Trinajstić information content (AvgIpc) is 3.21. The minimum absolute atomic E-state index is 0.0702. The van der Waals surface area contributed by atoms with E-state index in [1.165, 1.54) is 4.90 Å². The van der Waals surface area contributed by atoms with Crippen molar-refractivity contribution >= 4 is 29.2 Å². The van der Waals surface area contributed by atoms with E-state index in [1.54, 1.807) is 45.9 Å². The summed E-state index contributed by atoms with van der Waals surface area (Å²) in [6.07, 6.45) is 13.3. The summed E-state index contributed by atoms with van der Waals surface area (Å²) in [7, 11) is 0. The maximum absolute atomic E-state index is 14.2. The number of piperidine rings is 1. The maximum Gasteiger partial charge on any atom is 0.329 e. The highest BCUT2D eigenvalue weighted by Gasteiger charge is 2.53. The van der Waals surface area contributed by atoms with Crippen LogP contribution in [0, 0.1) is 35.5 Å². The first-order valence-electron chi connectivity index (χ1n) is 22.6. The first-order valence-corrected chi connectivity index (χ1v) is 22.6. The fourth-order valence-electron chi connectivity index (χ4n) is 9.23. The molecule has 0 radical (unpaired) electrons. The number of aliphatic hydroxyl groups excluding tert-OH is 3. The zero-order valence-corrected chi connectivity index (χ0v) is 37.1. The monoisotopic (exact) mass is 840 g/mol. The van der Waals surface area contributed by atoms with Crippen LogP contribution in [0.3, 0.4) is 0 Å². The second-order valence-electron chi connectivity index (χ2n) is 18.7. The molecule has 12 heteroatoms. The molecule has 0 aromatic rings. The van der Waals surface area contributed by atoms with Crippen molar-refractivity contribution in [2.24, 2.45) is 35.5 Å². The lowest BCUT2D eigenvalue weighted by Crippen LogP contribution is -2.61. The van der Waals surface area contributed by atoms with Crippen molar-refractivity contribution in [3.63, 3.8) is 0 Å². The van der Waals surface area contributed by atoms with Crippen LogP contribution in [0.15, 0.2) is 47.6 Å². The number of rotatable bonds is 3. The SMILES string of the molecule is C/C1=C\[C@@H](C)C(=O)C[C@@H]([C@H](C)C[C@H]2CC[C@H](O)CC2)OC(=O)[C@@H]2CCCCN2C(=O)C(=O)[C@]2(O)O[C@@H](CC[C@H]2C)C[C@H](O)/C(C)=C/C=C/C=C/[C@@H](C)C[C@@H](C)C(=O)C[C@@H]1O. The van der Waals surface area contributed by atoms with Crippen LogP contribution in [-0.4, -0.2) is 103 Å². The Balaban J connectivity index is 1.64. The smallest absolute Gasteiger partial charge is 0.329 e. The Hall–Kier alpha value is -3.29. The number of cyclic esters (lactones) is 1. The molecular formula is C48H73NO11. The maximum atomic E-state index is 14.2. The standard InChI is InChI=1S/C48H73NO11/c1-29-13-9-8-10-14-30(2)40(51)26-38-21-16-35(7)48(58,60-38)45(55)46(56)49-22-12-11-15-39(49)47(57)59-44(34(6)25-36-17-19-37(50)20-18-36)28-43(54)33(5)24-32(4)42(53)27-41(52)31(3)23-29/h8-10,13-14,24,29,31,33-40,42,44,50-51,53,58H,11-12,15-23,25-28H2,1-7H3/b10-8+,13-9+,30-14+,32-24+/t29-,31-,33-,34-,35-,36-,37-,38+,39+,40+,42+,44+,48-/m1/s1. The number of ketones is 3. The third-order valence-corrected chi connectivity index (χ3v) is 13.6. The highest BCUT2D eigenvalue weighted by Crippen LogP contribution is 2.37. The molecule has 3 aliphatic heterocycles. The van der Waals surface area contributed by atoms with Crippen molar-refractivity contribution in [2.45, 2.75) is 181 Å². The fourth-order valence-corrected chi connectivity index (χ4v) is 9.23. The molecule has 2 saturated heterocycles. The van der Waals surface area contributed by atoms with Crippen LogP contribution in [0.1, 0.15) is 138 Å². The molecule has 0 spiro atoms. The minimum Gasteiger partial charge on any atom is -0.460 e. The third-order valence-electron chi connectivity index (χ3n) is 13.6. The number of carbonyl (C=O) groups is 5. The molecule has 1 saturated carbocycles. The van der Waals surface area contributed by atoms with Gasteiger partial charge >= 0.3 is 5.97 Å². The molecule has 4 rings (SSSR count). The van der Waals surface area contributed by atoms with E-state index in [9.17, 15) is 44.4 Å². The molecule has 11 atom stereocenters. The minimum atomic E-state index is -2.46. The normalized spacial score (nSPS) is 40.3. The Morgan fingerprint density at radius 1 is 0.800 bits per heavy atom. The predicted molar refractivity (Wildman–Crippen MR) is 228 cm³/mol. The number of allylic oxidation sites excluding steroid dienone is 6. The van der Waals surface area contributed by atoms with Gasteiger partial charge in [0.1, 0.15) is 23.7 Å². The molecule has 3 fully saturated rings. The lowest BCUT2D eigenvalue weighted by atomic mass is 9.79. The van der Waals surface area contributed by atoms with Gasteiger partial charge < -0.3 is 34.8 Å². The molecule has 1 amide bonds. The van der Waals surface area contributed by atoms with Gasteiger partial charge in [0.05, 0.1) is 24.4 Å². The first kappa shape index (κ1) is 49.4. The number of ether oxygens (including phenoxy) is 2. The van der Waals surface area contributed by atoms with Gasteiger partial charge in [0.15, 0.2) is 0 Å². The van der Waals surface area contributed by atoms with Crippen LogP contribution in [0.4, 0.5) is 0 Å². The number of aliphatic hydroxyl groups is 4. The fraction of sp³-hybridized carbons (Fsp3) is 0.729. The van der Waals surface area contributed by atoms with Gasteiger partial charge in [-0.15, -0.1) is 0 Å². The lowest BCUT2D eigenvalue weighted by Gasteiger charge is -2.42. The van der Waals surface area contributed by atoms with Crippen LogP contribution in [0.5, 0.6) is 0 Å². The van der Waals surface area contributed by atoms with Crippen molar-refractivity contribution < 1.29 is 53.9 Å². The van der Waals surface area contributed by atoms with Crippen LogP contribution in [0.25, 0.3) is 0 Å². The van der Waals surface area contributed by atoms with Gasteiger partial charge in [-0.1, -0.05) is 71.1 Å². The molecule has 2 bridgehead atoms. The van der Waals surface area contributed by atoms with E-state index in [0.717, 1.165) is 12.8 Å². The van der Waals surface area contributed by atoms with E-state index in [4.69, 9.17) is 9.47 Å². The van der Waals surface area contributed by atoms with Gasteiger partial charge in [-0.3, -0.25) is 19.2 Å². The van der Waals surface area contributed by atoms with E-state index in [-0.39, 0.29) is 73.6 Å². The zero-order valence-electron chi connectivity index (χ0n) is 37.1. The van der Waals surface area contributed by atoms with Crippen molar-refractivity contribution in [3.8, 4) is 0 Å². The first-order chi connectivity index (χ1) is 28.3. The van der Waals surface area contributed by atoms with Gasteiger partial charge in [-0.25, -0.2) is 4.79 Å². The molecule has 0 aromatic heterocycles. The highest BCUT2D eigenvalue weighted by atomic mass is 16.6. The Morgan fingerprint density at radius 2 is 1.50 bits per heavy atom. The summed E-state index contributed by atoms with van der Waals surface area (Å²) < 4.78 is 12.2. The topological polar surface area (TPSA) is 188 Å². The second-order valence-corrected chi connectivity index (χ2v) is 18.7. The molecule has 12 nitrogen and oxygen atoms in total. The van der Waals surface area contributed by atoms with Crippen molar-refractivity contribution in [1.29, 1.82) is 0 Å². The summed E-state index contributed by atoms with van der Waals surface area (Å²) in [4.78, 5) is 70.5. The Labute approximate surface area is 357 Å². The summed E-state index contributed by atoms with van der Waals surface area (Å²) in [6.45, 7) is 12.7. The molecule has 1 aliphatic carbocycles. The molecule has 336 valence electrons. The Morgan fingerprint density at radius 3 is 2.20 bits per heavy atom. The van der Waals surface area contributed by atoms with Gasteiger partial charge in [0.2, 0.25) is 5.79 Å². The van der Waals surface area contributed by atoms with E-state index >= 15 is 0 Å². The molecule has 4 N–H and O–H groups in total. The number of hydrogen-bond donors (Lipinski definition) is 4. The molecule has 3 heterocycles. The largest absolute Gasteiger partial charge is 0.460 e. The molecule has 4 aliphatic rings. The lowest BCUT2D eigenvalue weighted by molar-refractivity contribution is -0.265. The average molecular weight is 840 g/mol. The Bertz CT molecular complexity index is 1620. The molecular weight excluding hydrogens is 767 g/mol. The Kier molecular flexibility index (Phi) is 18.7. The second kappa shape index (κ2) is 22.7. The van der Waals surface area contributed by atoms with Gasteiger partial charge in [0, 0.05) is 43.6 Å². The number of Topliss-reactive ketones (excluding diaryl/α,β-unsaturated/α-hetero) is 3.